The van der Waals surface area contributed by atoms with Crippen LogP contribution >= 0.6 is 0 Å². The van der Waals surface area contributed by atoms with Crippen LogP contribution in [0.25, 0.3) is 0 Å². The van der Waals surface area contributed by atoms with E-state index in [-0.39, 0.29) is 11.8 Å². The molecule has 0 bridgehead atoms. The smallest absolute Gasteiger partial charge is 0.0669 e. The van der Waals surface area contributed by atoms with Gasteiger partial charge in [-0.15, -0.1) is 0 Å². The maximum absolute atomic E-state index is 9.75. The molecule has 13 atom stereocenters. The number of nitrogens with zero attached hydrogens (tertiary/aromatic N) is 4. The van der Waals surface area contributed by atoms with Crippen LogP contribution < -0.4 is 5.32 Å². The van der Waals surface area contributed by atoms with E-state index in [2.05, 4.69) is 27.3 Å². The lowest BCUT2D eigenvalue weighted by molar-refractivity contribution is 0.0161. The van der Waals surface area contributed by atoms with Gasteiger partial charge in [-0.25, -0.2) is 0 Å². The summed E-state index contributed by atoms with van der Waals surface area (Å²) in [7, 11) is 0. The molecule has 13 unspecified atom stereocenters. The molecule has 9 aliphatic rings. The van der Waals surface area contributed by atoms with Gasteiger partial charge in [-0.2, -0.15) is 10.5 Å². The van der Waals surface area contributed by atoms with Crippen LogP contribution in [-0.2, 0) is 0 Å². The number of hydrogen-bond acceptors (Lipinski definition) is 5. The van der Waals surface area contributed by atoms with E-state index in [0.717, 1.165) is 84.5 Å². The molecular formula is C43H67N5. The van der Waals surface area contributed by atoms with Gasteiger partial charge in [0.25, 0.3) is 0 Å². The molecule has 0 aromatic rings. The van der Waals surface area contributed by atoms with E-state index >= 15 is 0 Å². The number of nitrogens with one attached hydrogen (secondary N) is 1. The molecule has 0 amide bonds. The quantitative estimate of drug-likeness (QED) is 0.328. The molecule has 264 valence electrons. The molecule has 3 saturated heterocycles. The van der Waals surface area contributed by atoms with Crippen molar-refractivity contribution in [3.63, 3.8) is 0 Å². The van der Waals surface area contributed by atoms with Crippen molar-refractivity contribution in [2.75, 3.05) is 6.54 Å². The van der Waals surface area contributed by atoms with Crippen molar-refractivity contribution in [2.24, 2.45) is 59.2 Å². The second-order valence-electron chi connectivity index (χ2n) is 19.1. The molecule has 9 fully saturated rings. The SMILES string of the molecule is N#CC1CCC(C2CCC(N3C4CCCCC4C4CC(C5CCC6C(C5)C5CCCCC5N6C5CCCCC5)CNC43)CC2)CC1C#N. The van der Waals surface area contributed by atoms with Crippen LogP contribution in [0.4, 0.5) is 0 Å². The highest BCUT2D eigenvalue weighted by molar-refractivity contribution is 5.10. The molecule has 0 aromatic carbocycles. The van der Waals surface area contributed by atoms with E-state index in [1.807, 2.05) is 0 Å². The monoisotopic (exact) mass is 654 g/mol. The Bertz CT molecular complexity index is 1190. The van der Waals surface area contributed by atoms with Gasteiger partial charge in [0.1, 0.15) is 0 Å². The number of likely N-dealkylation sites (tertiary alicyclic amines) is 2. The Kier molecular flexibility index (Phi) is 9.63. The zero-order valence-electron chi connectivity index (χ0n) is 30.2. The van der Waals surface area contributed by atoms with E-state index in [4.69, 9.17) is 0 Å². The molecule has 0 radical (unpaired) electrons. The zero-order chi connectivity index (χ0) is 32.2. The largest absolute Gasteiger partial charge is 0.301 e. The van der Waals surface area contributed by atoms with Crippen molar-refractivity contribution in [1.82, 2.24) is 15.1 Å². The van der Waals surface area contributed by atoms with Crippen LogP contribution in [0, 0.1) is 81.8 Å². The van der Waals surface area contributed by atoms with Gasteiger partial charge in [-0.3, -0.25) is 9.80 Å². The van der Waals surface area contributed by atoms with Crippen LogP contribution in [0.15, 0.2) is 0 Å². The molecule has 6 saturated carbocycles. The molecule has 1 N–H and O–H groups in total. The van der Waals surface area contributed by atoms with Gasteiger partial charge in [0, 0.05) is 30.2 Å². The van der Waals surface area contributed by atoms with E-state index in [0.29, 0.717) is 12.1 Å². The third-order valence-corrected chi connectivity index (χ3v) is 17.3. The summed E-state index contributed by atoms with van der Waals surface area (Å²) in [5, 5.41) is 23.6. The summed E-state index contributed by atoms with van der Waals surface area (Å²) >= 11 is 0. The minimum absolute atomic E-state index is 0.0258. The van der Waals surface area contributed by atoms with Crippen LogP contribution in [0.2, 0.25) is 0 Å². The van der Waals surface area contributed by atoms with Gasteiger partial charge < -0.3 is 5.32 Å². The third-order valence-electron chi connectivity index (χ3n) is 17.3. The van der Waals surface area contributed by atoms with E-state index < -0.39 is 0 Å². The molecule has 5 heteroatoms. The van der Waals surface area contributed by atoms with Crippen LogP contribution in [-0.4, -0.2) is 52.7 Å². The highest BCUT2D eigenvalue weighted by Crippen LogP contribution is 2.56. The molecular weight excluding hydrogens is 587 g/mol. The Morgan fingerprint density at radius 1 is 0.417 bits per heavy atom. The normalized spacial score (nSPS) is 50.3. The molecule has 0 aromatic heterocycles. The van der Waals surface area contributed by atoms with Crippen molar-refractivity contribution < 1.29 is 0 Å². The van der Waals surface area contributed by atoms with Gasteiger partial charge in [0.15, 0.2) is 0 Å². The summed E-state index contributed by atoms with van der Waals surface area (Å²) in [6.07, 6.45) is 34.6. The van der Waals surface area contributed by atoms with Crippen LogP contribution in [0.1, 0.15) is 154 Å². The second kappa shape index (κ2) is 14.1. The number of piperidine rings is 1. The second-order valence-corrected chi connectivity index (χ2v) is 19.1. The first-order valence-electron chi connectivity index (χ1n) is 21.8. The van der Waals surface area contributed by atoms with Crippen LogP contribution in [0.5, 0.6) is 0 Å². The van der Waals surface area contributed by atoms with Crippen molar-refractivity contribution in [3.05, 3.63) is 0 Å². The first-order chi connectivity index (χ1) is 23.7. The summed E-state index contributed by atoms with van der Waals surface area (Å²) in [6.45, 7) is 1.28. The van der Waals surface area contributed by atoms with Gasteiger partial charge in [-0.1, -0.05) is 44.9 Å². The lowest BCUT2D eigenvalue weighted by atomic mass is 9.64. The minimum Gasteiger partial charge on any atom is -0.301 e. The lowest BCUT2D eigenvalue weighted by Crippen LogP contribution is -2.57. The Balaban J connectivity index is 0.852. The highest BCUT2D eigenvalue weighted by Gasteiger charge is 2.57. The summed E-state index contributed by atoms with van der Waals surface area (Å²) in [5.41, 5.74) is 0. The average Bonchev–Trinajstić information content (AvgIpc) is 3.67. The Morgan fingerprint density at radius 2 is 0.979 bits per heavy atom. The molecule has 3 heterocycles. The summed E-state index contributed by atoms with van der Waals surface area (Å²) in [4.78, 5) is 6.34. The fourth-order valence-corrected chi connectivity index (χ4v) is 15.3. The zero-order valence-corrected chi connectivity index (χ0v) is 30.2. The van der Waals surface area contributed by atoms with Crippen molar-refractivity contribution in [1.29, 1.82) is 10.5 Å². The number of hydrogen-bond donors (Lipinski definition) is 1. The van der Waals surface area contributed by atoms with Crippen molar-refractivity contribution >= 4 is 0 Å². The van der Waals surface area contributed by atoms with Gasteiger partial charge in [0.2, 0.25) is 0 Å². The molecule has 5 nitrogen and oxygen atoms in total. The van der Waals surface area contributed by atoms with Crippen LogP contribution in [0.3, 0.4) is 0 Å². The maximum atomic E-state index is 9.75. The number of rotatable bonds is 4. The van der Waals surface area contributed by atoms with Crippen molar-refractivity contribution in [2.45, 2.75) is 190 Å². The molecule has 9 rings (SSSR count). The summed E-state index contributed by atoms with van der Waals surface area (Å²) < 4.78 is 0. The predicted octanol–water partition coefficient (Wildman–Crippen LogP) is 9.04. The van der Waals surface area contributed by atoms with Gasteiger partial charge in [-0.05, 0) is 163 Å². The molecule has 3 aliphatic heterocycles. The molecule has 48 heavy (non-hydrogen) atoms. The fourth-order valence-electron chi connectivity index (χ4n) is 15.3. The molecule has 6 aliphatic carbocycles. The predicted molar refractivity (Wildman–Crippen MR) is 191 cm³/mol. The summed E-state index contributed by atoms with van der Waals surface area (Å²) in [5.74, 6) is 7.11. The van der Waals surface area contributed by atoms with E-state index in [9.17, 15) is 10.5 Å². The Labute approximate surface area is 293 Å². The number of fused-ring (bicyclic) bond motifs is 6. The van der Waals surface area contributed by atoms with E-state index in [1.54, 1.807) is 6.42 Å². The summed E-state index contributed by atoms with van der Waals surface area (Å²) in [6, 6.07) is 9.33. The minimum atomic E-state index is -0.0307. The first kappa shape index (κ1) is 32.7. The van der Waals surface area contributed by atoms with E-state index in [1.165, 1.54) is 141 Å². The maximum Gasteiger partial charge on any atom is 0.0669 e. The third kappa shape index (κ3) is 5.81. The number of nitriles is 2. The molecule has 0 spiro atoms. The highest BCUT2D eigenvalue weighted by atomic mass is 15.4. The van der Waals surface area contributed by atoms with Gasteiger partial charge >= 0.3 is 0 Å². The average molecular weight is 654 g/mol. The fraction of sp³-hybridized carbons (Fsp3) is 0.953. The Hall–Kier alpha value is -1.14. The topological polar surface area (TPSA) is 66.1 Å². The first-order valence-corrected chi connectivity index (χ1v) is 21.8. The van der Waals surface area contributed by atoms with Gasteiger partial charge in [0.05, 0.1) is 30.1 Å². The standard InChI is InChI=1S/C43H67N5/c44-25-31-15-14-29(22-32(31)26-45)28-16-19-35(20-17-28)48-41-13-7-5-11-37(41)39-24-33(27-46-43(39)48)30-18-21-42-38(23-30)36-10-4-6-12-40(36)47(42)34-8-2-1-3-9-34/h28-43,46H,1-24,27H2. The van der Waals surface area contributed by atoms with Crippen molar-refractivity contribution in [3.8, 4) is 12.1 Å². The lowest BCUT2D eigenvalue weighted by Gasteiger charge is -2.47. The Morgan fingerprint density at radius 3 is 1.73 bits per heavy atom.